The summed E-state index contributed by atoms with van der Waals surface area (Å²) in [6, 6.07) is 7.79. The third kappa shape index (κ3) is 3.64. The molecule has 1 unspecified atom stereocenters. The van der Waals surface area contributed by atoms with E-state index >= 15 is 0 Å². The zero-order valence-electron chi connectivity index (χ0n) is 12.1. The number of halogens is 3. The number of nitrogens with one attached hydrogen (secondary N) is 1. The zero-order chi connectivity index (χ0) is 15.4. The minimum Gasteiger partial charge on any atom is -0.310 e. The monoisotopic (exact) mass is 293 g/mol. The molecule has 0 fully saturated rings. The van der Waals surface area contributed by atoms with Crippen molar-refractivity contribution in [2.45, 2.75) is 26.3 Å². The lowest BCUT2D eigenvalue weighted by Crippen LogP contribution is -2.19. The minimum absolute atomic E-state index is 0.0350. The fraction of sp³-hybridized carbons (Fsp3) is 0.294. The van der Waals surface area contributed by atoms with Gasteiger partial charge in [-0.1, -0.05) is 13.0 Å². The lowest BCUT2D eigenvalue weighted by atomic mass is 9.99. The summed E-state index contributed by atoms with van der Waals surface area (Å²) in [5.41, 5.74) is 1.08. The molecule has 2 rings (SSSR count). The van der Waals surface area contributed by atoms with Gasteiger partial charge in [-0.2, -0.15) is 0 Å². The van der Waals surface area contributed by atoms with Crippen LogP contribution in [0.4, 0.5) is 13.2 Å². The largest absolute Gasteiger partial charge is 0.310 e. The standard InChI is InChI=1S/C17H18F3N/c1-3-8-21-11(2)12-4-7-16(19)15(9-12)14-6-5-13(18)10-17(14)20/h4-7,9-11,21H,3,8H2,1-2H3. The molecule has 0 aliphatic rings. The zero-order valence-corrected chi connectivity index (χ0v) is 12.1. The Morgan fingerprint density at radius 2 is 1.71 bits per heavy atom. The van der Waals surface area contributed by atoms with Gasteiger partial charge in [0.15, 0.2) is 0 Å². The van der Waals surface area contributed by atoms with Crippen LogP contribution in [0.2, 0.25) is 0 Å². The molecule has 0 aromatic heterocycles. The van der Waals surface area contributed by atoms with E-state index in [2.05, 4.69) is 12.2 Å². The quantitative estimate of drug-likeness (QED) is 0.832. The maximum absolute atomic E-state index is 14.0. The third-order valence-corrected chi connectivity index (χ3v) is 3.41. The second-order valence-electron chi connectivity index (χ2n) is 5.04. The Bertz CT molecular complexity index is 625. The molecule has 0 aliphatic carbocycles. The molecule has 21 heavy (non-hydrogen) atoms. The fourth-order valence-corrected chi connectivity index (χ4v) is 2.21. The Morgan fingerprint density at radius 3 is 2.38 bits per heavy atom. The van der Waals surface area contributed by atoms with Crippen LogP contribution in [0.5, 0.6) is 0 Å². The summed E-state index contributed by atoms with van der Waals surface area (Å²) in [5, 5.41) is 3.29. The van der Waals surface area contributed by atoms with Crippen LogP contribution in [-0.4, -0.2) is 6.54 Å². The van der Waals surface area contributed by atoms with Crippen LogP contribution in [-0.2, 0) is 0 Å². The van der Waals surface area contributed by atoms with E-state index in [4.69, 9.17) is 0 Å². The summed E-state index contributed by atoms with van der Waals surface area (Å²) >= 11 is 0. The summed E-state index contributed by atoms with van der Waals surface area (Å²) in [5.74, 6) is -1.96. The first-order chi connectivity index (χ1) is 10.0. The molecule has 1 nitrogen and oxygen atoms in total. The lowest BCUT2D eigenvalue weighted by molar-refractivity contribution is 0.567. The fourth-order valence-electron chi connectivity index (χ4n) is 2.21. The first-order valence-corrected chi connectivity index (χ1v) is 7.01. The van der Waals surface area contributed by atoms with E-state index in [1.54, 1.807) is 12.1 Å². The SMILES string of the molecule is CCCNC(C)c1ccc(F)c(-c2ccc(F)cc2F)c1. The number of benzene rings is 2. The Kier molecular flexibility index (Phi) is 5.02. The Balaban J connectivity index is 2.39. The van der Waals surface area contributed by atoms with E-state index in [0.717, 1.165) is 30.7 Å². The van der Waals surface area contributed by atoms with Crippen LogP contribution >= 0.6 is 0 Å². The predicted octanol–water partition coefficient (Wildman–Crippen LogP) is 4.83. The second kappa shape index (κ2) is 6.76. The summed E-state index contributed by atoms with van der Waals surface area (Å²) in [6.07, 6.45) is 0.991. The predicted molar refractivity (Wildman–Crippen MR) is 78.5 cm³/mol. The molecule has 0 saturated carbocycles. The van der Waals surface area contributed by atoms with Crippen molar-refractivity contribution in [2.24, 2.45) is 0 Å². The Morgan fingerprint density at radius 1 is 0.952 bits per heavy atom. The van der Waals surface area contributed by atoms with Crippen molar-refractivity contribution in [3.63, 3.8) is 0 Å². The van der Waals surface area contributed by atoms with Gasteiger partial charge in [0.25, 0.3) is 0 Å². The first kappa shape index (κ1) is 15.6. The molecule has 0 saturated heterocycles. The molecule has 0 aliphatic heterocycles. The number of hydrogen-bond acceptors (Lipinski definition) is 1. The van der Waals surface area contributed by atoms with Gasteiger partial charge in [-0.25, -0.2) is 13.2 Å². The summed E-state index contributed by atoms with van der Waals surface area (Å²) < 4.78 is 40.8. The maximum Gasteiger partial charge on any atom is 0.134 e. The number of hydrogen-bond donors (Lipinski definition) is 1. The van der Waals surface area contributed by atoms with Gasteiger partial charge in [0.2, 0.25) is 0 Å². The third-order valence-electron chi connectivity index (χ3n) is 3.41. The molecule has 1 N–H and O–H groups in total. The van der Waals surface area contributed by atoms with Crippen molar-refractivity contribution < 1.29 is 13.2 Å². The van der Waals surface area contributed by atoms with Crippen LogP contribution in [0.3, 0.4) is 0 Å². The molecule has 4 heteroatoms. The van der Waals surface area contributed by atoms with Crippen molar-refractivity contribution in [3.05, 3.63) is 59.4 Å². The van der Waals surface area contributed by atoms with Crippen LogP contribution in [0.1, 0.15) is 31.9 Å². The van der Waals surface area contributed by atoms with E-state index < -0.39 is 17.5 Å². The molecule has 2 aromatic carbocycles. The average molecular weight is 293 g/mol. The van der Waals surface area contributed by atoms with Crippen LogP contribution in [0.15, 0.2) is 36.4 Å². The van der Waals surface area contributed by atoms with Crippen molar-refractivity contribution in [1.82, 2.24) is 5.32 Å². The molecular formula is C17H18F3N. The molecule has 1 atom stereocenters. The first-order valence-electron chi connectivity index (χ1n) is 7.01. The highest BCUT2D eigenvalue weighted by molar-refractivity contribution is 5.65. The van der Waals surface area contributed by atoms with E-state index in [0.29, 0.717) is 0 Å². The van der Waals surface area contributed by atoms with Crippen molar-refractivity contribution in [3.8, 4) is 11.1 Å². The molecule has 0 heterocycles. The van der Waals surface area contributed by atoms with Crippen molar-refractivity contribution in [1.29, 1.82) is 0 Å². The molecule has 0 spiro atoms. The normalized spacial score (nSPS) is 12.4. The lowest BCUT2D eigenvalue weighted by Gasteiger charge is -2.15. The van der Waals surface area contributed by atoms with Crippen molar-refractivity contribution >= 4 is 0 Å². The van der Waals surface area contributed by atoms with Crippen LogP contribution < -0.4 is 5.32 Å². The highest BCUT2D eigenvalue weighted by Crippen LogP contribution is 2.28. The van der Waals surface area contributed by atoms with Crippen molar-refractivity contribution in [2.75, 3.05) is 6.54 Å². The maximum atomic E-state index is 14.0. The van der Waals surface area contributed by atoms with Crippen LogP contribution in [0.25, 0.3) is 11.1 Å². The van der Waals surface area contributed by atoms with Gasteiger partial charge >= 0.3 is 0 Å². The van der Waals surface area contributed by atoms with Crippen LogP contribution in [0, 0.1) is 17.5 Å². The molecule has 0 amide bonds. The molecular weight excluding hydrogens is 275 g/mol. The van der Waals surface area contributed by atoms with E-state index in [9.17, 15) is 13.2 Å². The molecule has 2 aromatic rings. The van der Waals surface area contributed by atoms with Gasteiger partial charge in [-0.05, 0) is 49.7 Å². The molecule has 0 radical (unpaired) electrons. The van der Waals surface area contributed by atoms with Gasteiger partial charge < -0.3 is 5.32 Å². The highest BCUT2D eigenvalue weighted by Gasteiger charge is 2.14. The van der Waals surface area contributed by atoms with Gasteiger partial charge in [-0.15, -0.1) is 0 Å². The molecule has 0 bridgehead atoms. The van der Waals surface area contributed by atoms with E-state index in [1.165, 1.54) is 12.1 Å². The summed E-state index contributed by atoms with van der Waals surface area (Å²) in [4.78, 5) is 0. The van der Waals surface area contributed by atoms with E-state index in [-0.39, 0.29) is 17.2 Å². The Hall–Kier alpha value is -1.81. The van der Waals surface area contributed by atoms with Gasteiger partial charge in [0, 0.05) is 23.2 Å². The van der Waals surface area contributed by atoms with Gasteiger partial charge in [-0.3, -0.25) is 0 Å². The van der Waals surface area contributed by atoms with Gasteiger partial charge in [0.1, 0.15) is 17.5 Å². The smallest absolute Gasteiger partial charge is 0.134 e. The van der Waals surface area contributed by atoms with Gasteiger partial charge in [0.05, 0.1) is 0 Å². The molecule has 112 valence electrons. The number of rotatable bonds is 5. The summed E-state index contributed by atoms with van der Waals surface area (Å²) in [7, 11) is 0. The minimum atomic E-state index is -0.764. The summed E-state index contributed by atoms with van der Waals surface area (Å²) in [6.45, 7) is 4.87. The Labute approximate surface area is 122 Å². The topological polar surface area (TPSA) is 12.0 Å². The highest BCUT2D eigenvalue weighted by atomic mass is 19.1. The van der Waals surface area contributed by atoms with E-state index in [1.807, 2.05) is 6.92 Å². The average Bonchev–Trinajstić information content (AvgIpc) is 2.46. The second-order valence-corrected chi connectivity index (χ2v) is 5.04.